The van der Waals surface area contributed by atoms with E-state index in [-0.39, 0.29) is 5.91 Å². The highest BCUT2D eigenvalue weighted by Gasteiger charge is 2.11. The van der Waals surface area contributed by atoms with Crippen molar-refractivity contribution < 1.29 is 9.53 Å². The quantitative estimate of drug-likeness (QED) is 0.698. The summed E-state index contributed by atoms with van der Waals surface area (Å²) in [5.74, 6) is 0.568. The van der Waals surface area contributed by atoms with E-state index in [0.29, 0.717) is 35.2 Å². The number of rotatable bonds is 6. The zero-order valence-electron chi connectivity index (χ0n) is 13.2. The van der Waals surface area contributed by atoms with Crippen LogP contribution in [0, 0.1) is 0 Å². The number of carbonyl (C=O) groups excluding carboxylic acids is 1. The summed E-state index contributed by atoms with van der Waals surface area (Å²) in [4.78, 5) is 12.1. The van der Waals surface area contributed by atoms with Crippen LogP contribution in [0.4, 0.5) is 0 Å². The summed E-state index contributed by atoms with van der Waals surface area (Å²) in [6.45, 7) is 1.19. The van der Waals surface area contributed by atoms with Gasteiger partial charge >= 0.3 is 0 Å². The number of aromatic nitrogens is 3. The van der Waals surface area contributed by atoms with Crippen molar-refractivity contribution in [3.05, 3.63) is 53.2 Å². The number of amides is 1. The molecule has 0 atom stereocenters. The molecule has 1 amide bonds. The van der Waals surface area contributed by atoms with Gasteiger partial charge in [0.05, 0.1) is 0 Å². The molecule has 0 aliphatic rings. The SMILES string of the molecule is COCCCNC(=O)c1ccn2c(-c3ccc(Cl)cc3)nnc2c1. The minimum Gasteiger partial charge on any atom is -0.385 e. The zero-order chi connectivity index (χ0) is 16.9. The Labute approximate surface area is 144 Å². The molecule has 2 heterocycles. The van der Waals surface area contributed by atoms with E-state index < -0.39 is 0 Å². The second kappa shape index (κ2) is 7.42. The third-order valence-corrected chi connectivity index (χ3v) is 3.84. The predicted octanol–water partition coefficient (Wildman–Crippen LogP) is 2.82. The molecule has 24 heavy (non-hydrogen) atoms. The fraction of sp³-hybridized carbons (Fsp3) is 0.235. The average molecular weight is 345 g/mol. The molecule has 6 nitrogen and oxygen atoms in total. The first-order valence-electron chi connectivity index (χ1n) is 7.57. The molecule has 0 aliphatic carbocycles. The first kappa shape index (κ1) is 16.4. The summed E-state index contributed by atoms with van der Waals surface area (Å²) < 4.78 is 6.80. The van der Waals surface area contributed by atoms with Crippen LogP contribution >= 0.6 is 11.6 Å². The fourth-order valence-electron chi connectivity index (χ4n) is 2.35. The molecule has 1 N–H and O–H groups in total. The zero-order valence-corrected chi connectivity index (χ0v) is 14.0. The topological polar surface area (TPSA) is 68.5 Å². The maximum Gasteiger partial charge on any atom is 0.251 e. The highest BCUT2D eigenvalue weighted by molar-refractivity contribution is 6.30. The van der Waals surface area contributed by atoms with E-state index in [9.17, 15) is 4.79 Å². The maximum atomic E-state index is 12.1. The van der Waals surface area contributed by atoms with Crippen molar-refractivity contribution >= 4 is 23.2 Å². The van der Waals surface area contributed by atoms with Gasteiger partial charge in [0.2, 0.25) is 0 Å². The number of halogens is 1. The molecule has 0 bridgehead atoms. The van der Waals surface area contributed by atoms with Crippen LogP contribution in [0.3, 0.4) is 0 Å². The van der Waals surface area contributed by atoms with Crippen molar-refractivity contribution in [1.82, 2.24) is 19.9 Å². The van der Waals surface area contributed by atoms with E-state index in [1.165, 1.54) is 0 Å². The van der Waals surface area contributed by atoms with Crippen molar-refractivity contribution in [3.63, 3.8) is 0 Å². The molecule has 0 aliphatic heterocycles. The van der Waals surface area contributed by atoms with E-state index in [0.717, 1.165) is 12.0 Å². The van der Waals surface area contributed by atoms with Crippen molar-refractivity contribution in [1.29, 1.82) is 0 Å². The summed E-state index contributed by atoms with van der Waals surface area (Å²) in [7, 11) is 1.64. The van der Waals surface area contributed by atoms with Gasteiger partial charge in [-0.15, -0.1) is 10.2 Å². The van der Waals surface area contributed by atoms with Crippen molar-refractivity contribution in [2.75, 3.05) is 20.3 Å². The highest BCUT2D eigenvalue weighted by Crippen LogP contribution is 2.21. The van der Waals surface area contributed by atoms with Gasteiger partial charge < -0.3 is 10.1 Å². The van der Waals surface area contributed by atoms with Gasteiger partial charge in [-0.25, -0.2) is 0 Å². The number of carbonyl (C=O) groups is 1. The van der Waals surface area contributed by atoms with Gasteiger partial charge in [-0.05, 0) is 42.8 Å². The number of hydrogen-bond donors (Lipinski definition) is 1. The fourth-order valence-corrected chi connectivity index (χ4v) is 2.47. The molecule has 7 heteroatoms. The molecule has 124 valence electrons. The Morgan fingerprint density at radius 2 is 2.04 bits per heavy atom. The largest absolute Gasteiger partial charge is 0.385 e. The van der Waals surface area contributed by atoms with Crippen LogP contribution in [-0.2, 0) is 4.74 Å². The standard InChI is InChI=1S/C17H17ClN4O2/c1-24-10-2-8-19-17(23)13-7-9-22-15(11-13)20-21-16(22)12-3-5-14(18)6-4-12/h3-7,9,11H,2,8,10H2,1H3,(H,19,23). The minimum atomic E-state index is -0.135. The molecule has 0 radical (unpaired) electrons. The first-order chi connectivity index (χ1) is 11.7. The number of nitrogens with one attached hydrogen (secondary N) is 1. The molecule has 1 aromatic carbocycles. The van der Waals surface area contributed by atoms with Gasteiger partial charge in [0.25, 0.3) is 5.91 Å². The summed E-state index contributed by atoms with van der Waals surface area (Å²) in [5.41, 5.74) is 2.07. The molecule has 3 rings (SSSR count). The van der Waals surface area contributed by atoms with Crippen LogP contribution in [0.5, 0.6) is 0 Å². The lowest BCUT2D eigenvalue weighted by Gasteiger charge is -2.05. The third kappa shape index (κ3) is 3.55. The summed E-state index contributed by atoms with van der Waals surface area (Å²) in [5, 5.41) is 11.9. The summed E-state index contributed by atoms with van der Waals surface area (Å²) >= 11 is 5.91. The normalized spacial score (nSPS) is 10.9. The van der Waals surface area contributed by atoms with E-state index in [1.807, 2.05) is 16.5 Å². The first-order valence-corrected chi connectivity index (χ1v) is 7.94. The van der Waals surface area contributed by atoms with E-state index in [1.54, 1.807) is 37.6 Å². The monoisotopic (exact) mass is 344 g/mol. The number of nitrogens with zero attached hydrogens (tertiary/aromatic N) is 3. The smallest absolute Gasteiger partial charge is 0.251 e. The van der Waals surface area contributed by atoms with Gasteiger partial charge in [-0.1, -0.05) is 11.6 Å². The van der Waals surface area contributed by atoms with Crippen LogP contribution in [0.15, 0.2) is 42.6 Å². The molecule has 0 saturated carbocycles. The van der Waals surface area contributed by atoms with Crippen LogP contribution in [-0.4, -0.2) is 40.8 Å². The van der Waals surface area contributed by atoms with Gasteiger partial charge in [0.1, 0.15) is 0 Å². The number of ether oxygens (including phenoxy) is 1. The third-order valence-electron chi connectivity index (χ3n) is 3.59. The number of fused-ring (bicyclic) bond motifs is 1. The molecule has 3 aromatic rings. The lowest BCUT2D eigenvalue weighted by molar-refractivity contribution is 0.0948. The molecule has 0 spiro atoms. The number of benzene rings is 1. The lowest BCUT2D eigenvalue weighted by atomic mass is 10.2. The van der Waals surface area contributed by atoms with Crippen LogP contribution in [0.1, 0.15) is 16.8 Å². The average Bonchev–Trinajstić information content (AvgIpc) is 3.02. The molecular weight excluding hydrogens is 328 g/mol. The summed E-state index contributed by atoms with van der Waals surface area (Å²) in [6, 6.07) is 10.9. The van der Waals surface area contributed by atoms with E-state index in [4.69, 9.17) is 16.3 Å². The number of hydrogen-bond acceptors (Lipinski definition) is 4. The summed E-state index contributed by atoms with van der Waals surface area (Å²) in [6.07, 6.45) is 2.57. The van der Waals surface area contributed by atoms with Gasteiger partial charge in [-0.3, -0.25) is 9.20 Å². The highest BCUT2D eigenvalue weighted by atomic mass is 35.5. The van der Waals surface area contributed by atoms with Crippen LogP contribution < -0.4 is 5.32 Å². The Morgan fingerprint density at radius 1 is 1.25 bits per heavy atom. The molecule has 0 unspecified atom stereocenters. The number of methoxy groups -OCH3 is 1. The van der Waals surface area contributed by atoms with Gasteiger partial charge in [0.15, 0.2) is 11.5 Å². The Hall–Kier alpha value is -2.44. The predicted molar refractivity (Wildman–Crippen MR) is 92.3 cm³/mol. The van der Waals surface area contributed by atoms with Gasteiger partial charge in [-0.2, -0.15) is 0 Å². The van der Waals surface area contributed by atoms with E-state index >= 15 is 0 Å². The van der Waals surface area contributed by atoms with Gasteiger partial charge in [0, 0.05) is 42.6 Å². The van der Waals surface area contributed by atoms with Crippen molar-refractivity contribution in [3.8, 4) is 11.4 Å². The van der Waals surface area contributed by atoms with Crippen molar-refractivity contribution in [2.45, 2.75) is 6.42 Å². The second-order valence-electron chi connectivity index (χ2n) is 5.28. The van der Waals surface area contributed by atoms with Crippen molar-refractivity contribution in [2.24, 2.45) is 0 Å². The van der Waals surface area contributed by atoms with Crippen LogP contribution in [0.2, 0.25) is 5.02 Å². The minimum absolute atomic E-state index is 0.135. The maximum absolute atomic E-state index is 12.1. The molecule has 0 fully saturated rings. The number of pyridine rings is 1. The van der Waals surface area contributed by atoms with E-state index in [2.05, 4.69) is 15.5 Å². The van der Waals surface area contributed by atoms with Crippen LogP contribution in [0.25, 0.3) is 17.0 Å². The Morgan fingerprint density at radius 3 is 2.79 bits per heavy atom. The molecule has 2 aromatic heterocycles. The molecule has 0 saturated heterocycles. The molecular formula is C17H17ClN4O2. The lowest BCUT2D eigenvalue weighted by Crippen LogP contribution is -2.25. The Kier molecular flexibility index (Phi) is 5.08. The Balaban J connectivity index is 1.80. The second-order valence-corrected chi connectivity index (χ2v) is 5.71. The Bertz CT molecular complexity index is 845.